The van der Waals surface area contributed by atoms with Gasteiger partial charge in [0.2, 0.25) is 0 Å². The third-order valence-electron chi connectivity index (χ3n) is 2.97. The molecule has 0 saturated heterocycles. The first-order valence-electron chi connectivity index (χ1n) is 6.33. The highest BCUT2D eigenvalue weighted by Crippen LogP contribution is 2.28. The van der Waals surface area contributed by atoms with Crippen LogP contribution in [0.2, 0.25) is 0 Å². The van der Waals surface area contributed by atoms with Gasteiger partial charge in [-0.15, -0.1) is 0 Å². The maximum Gasteiger partial charge on any atom is 0.311 e. The molecule has 0 aliphatic rings. The van der Waals surface area contributed by atoms with Gasteiger partial charge in [-0.3, -0.25) is 14.9 Å². The highest BCUT2D eigenvalue weighted by molar-refractivity contribution is 6.04. The zero-order valence-corrected chi connectivity index (χ0v) is 12.0. The molecule has 0 fully saturated rings. The number of benzene rings is 2. The number of ether oxygens (including phenoxy) is 2. The Kier molecular flexibility index (Phi) is 4.57. The number of nitrogens with one attached hydrogen (secondary N) is 1. The molecule has 22 heavy (non-hydrogen) atoms. The minimum atomic E-state index is -0.596. The molecule has 0 atom stereocenters. The minimum absolute atomic E-state index is 0.0999. The van der Waals surface area contributed by atoms with E-state index in [-0.39, 0.29) is 17.0 Å². The maximum absolute atomic E-state index is 12.2. The van der Waals surface area contributed by atoms with Gasteiger partial charge in [-0.05, 0) is 24.3 Å². The van der Waals surface area contributed by atoms with Gasteiger partial charge in [0.25, 0.3) is 5.91 Å². The molecule has 0 aromatic heterocycles. The Hall–Kier alpha value is -3.09. The minimum Gasteiger partial charge on any atom is -0.497 e. The maximum atomic E-state index is 12.2. The lowest BCUT2D eigenvalue weighted by Crippen LogP contribution is -2.12. The van der Waals surface area contributed by atoms with Crippen LogP contribution >= 0.6 is 0 Å². The van der Waals surface area contributed by atoms with Gasteiger partial charge in [-0.2, -0.15) is 0 Å². The molecule has 1 N–H and O–H groups in total. The van der Waals surface area contributed by atoms with Crippen LogP contribution in [0.1, 0.15) is 10.4 Å². The van der Waals surface area contributed by atoms with Crippen molar-refractivity contribution >= 4 is 17.3 Å². The number of anilines is 1. The van der Waals surface area contributed by atoms with Crippen molar-refractivity contribution in [3.05, 3.63) is 58.1 Å². The van der Waals surface area contributed by atoms with E-state index in [0.29, 0.717) is 11.4 Å². The highest BCUT2D eigenvalue weighted by Gasteiger charge is 2.18. The number of carbonyl (C=O) groups excluding carboxylic acids is 1. The first kappa shape index (κ1) is 15.3. The quantitative estimate of drug-likeness (QED) is 0.677. The molecule has 1 amide bonds. The molecular formula is C15H14N2O5. The summed E-state index contributed by atoms with van der Waals surface area (Å²) in [5.74, 6) is 0.237. The first-order valence-corrected chi connectivity index (χ1v) is 6.33. The van der Waals surface area contributed by atoms with E-state index < -0.39 is 10.8 Å². The van der Waals surface area contributed by atoms with Crippen molar-refractivity contribution in [1.29, 1.82) is 0 Å². The normalized spacial score (nSPS) is 9.91. The van der Waals surface area contributed by atoms with Crippen molar-refractivity contribution in [2.75, 3.05) is 19.5 Å². The zero-order valence-electron chi connectivity index (χ0n) is 12.0. The summed E-state index contributed by atoms with van der Waals surface area (Å²) in [5, 5.41) is 13.6. The summed E-state index contributed by atoms with van der Waals surface area (Å²) >= 11 is 0. The summed E-state index contributed by atoms with van der Waals surface area (Å²) in [5.41, 5.74) is 0.430. The summed E-state index contributed by atoms with van der Waals surface area (Å²) in [6, 6.07) is 10.8. The Morgan fingerprint density at radius 3 is 2.55 bits per heavy atom. The SMILES string of the molecule is COc1cccc(NC(=O)c2ccc(OC)c([N+](=O)[O-])c2)c1. The zero-order chi connectivity index (χ0) is 16.1. The van der Waals surface area contributed by atoms with Crippen molar-refractivity contribution in [1.82, 2.24) is 0 Å². The number of nitrogens with zero attached hydrogens (tertiary/aromatic N) is 1. The lowest BCUT2D eigenvalue weighted by atomic mass is 10.1. The van der Waals surface area contributed by atoms with Crippen LogP contribution in [0.15, 0.2) is 42.5 Å². The summed E-state index contributed by atoms with van der Waals surface area (Å²) in [7, 11) is 2.85. The average Bonchev–Trinajstić information content (AvgIpc) is 2.54. The van der Waals surface area contributed by atoms with E-state index in [0.717, 1.165) is 0 Å². The number of hydrogen-bond donors (Lipinski definition) is 1. The van der Waals surface area contributed by atoms with Crippen molar-refractivity contribution in [2.45, 2.75) is 0 Å². The molecule has 0 aliphatic carbocycles. The number of methoxy groups -OCH3 is 2. The summed E-state index contributed by atoms with van der Waals surface area (Å²) in [4.78, 5) is 22.6. The Morgan fingerprint density at radius 1 is 1.14 bits per heavy atom. The lowest BCUT2D eigenvalue weighted by molar-refractivity contribution is -0.385. The molecule has 0 radical (unpaired) electrons. The molecule has 0 aliphatic heterocycles. The molecule has 7 nitrogen and oxygen atoms in total. The van der Waals surface area contributed by atoms with Gasteiger partial charge in [0.15, 0.2) is 5.75 Å². The van der Waals surface area contributed by atoms with Crippen LogP contribution in [-0.4, -0.2) is 25.1 Å². The summed E-state index contributed by atoms with van der Waals surface area (Å²) in [6.07, 6.45) is 0. The monoisotopic (exact) mass is 302 g/mol. The van der Waals surface area contributed by atoms with Gasteiger partial charge in [0.05, 0.1) is 19.1 Å². The van der Waals surface area contributed by atoms with Gasteiger partial charge in [0.1, 0.15) is 5.75 Å². The number of nitro benzene ring substituents is 1. The van der Waals surface area contributed by atoms with E-state index in [1.54, 1.807) is 24.3 Å². The van der Waals surface area contributed by atoms with E-state index >= 15 is 0 Å². The van der Waals surface area contributed by atoms with E-state index in [4.69, 9.17) is 9.47 Å². The van der Waals surface area contributed by atoms with Crippen molar-refractivity contribution < 1.29 is 19.2 Å². The third-order valence-corrected chi connectivity index (χ3v) is 2.97. The number of nitro groups is 1. The molecule has 0 unspecified atom stereocenters. The first-order chi connectivity index (χ1) is 10.5. The molecule has 0 heterocycles. The fourth-order valence-electron chi connectivity index (χ4n) is 1.88. The number of hydrogen-bond acceptors (Lipinski definition) is 5. The molecular weight excluding hydrogens is 288 g/mol. The third kappa shape index (κ3) is 3.32. The van der Waals surface area contributed by atoms with Crippen LogP contribution in [-0.2, 0) is 0 Å². The molecule has 114 valence electrons. The average molecular weight is 302 g/mol. The fraction of sp³-hybridized carbons (Fsp3) is 0.133. The Labute approximate surface area is 126 Å². The van der Waals surface area contributed by atoms with E-state index in [9.17, 15) is 14.9 Å². The molecule has 2 aromatic carbocycles. The van der Waals surface area contributed by atoms with Crippen molar-refractivity contribution in [3.8, 4) is 11.5 Å². The van der Waals surface area contributed by atoms with Gasteiger partial charge in [0, 0.05) is 23.4 Å². The van der Waals surface area contributed by atoms with Crippen LogP contribution < -0.4 is 14.8 Å². The van der Waals surface area contributed by atoms with Crippen molar-refractivity contribution in [3.63, 3.8) is 0 Å². The van der Waals surface area contributed by atoms with Crippen LogP contribution in [0.3, 0.4) is 0 Å². The smallest absolute Gasteiger partial charge is 0.311 e. The number of carbonyl (C=O) groups is 1. The topological polar surface area (TPSA) is 90.7 Å². The molecule has 0 bridgehead atoms. The fourth-order valence-corrected chi connectivity index (χ4v) is 1.88. The molecule has 2 rings (SSSR count). The van der Waals surface area contributed by atoms with E-state index in [1.165, 1.54) is 32.4 Å². The highest BCUT2D eigenvalue weighted by atomic mass is 16.6. The Bertz CT molecular complexity index is 715. The van der Waals surface area contributed by atoms with E-state index in [1.807, 2.05) is 0 Å². The van der Waals surface area contributed by atoms with Crippen LogP contribution in [0.4, 0.5) is 11.4 Å². The lowest BCUT2D eigenvalue weighted by Gasteiger charge is -2.08. The summed E-state index contributed by atoms with van der Waals surface area (Å²) in [6.45, 7) is 0. The second-order valence-electron chi connectivity index (χ2n) is 4.33. The molecule has 0 spiro atoms. The van der Waals surface area contributed by atoms with Gasteiger partial charge in [-0.1, -0.05) is 6.07 Å². The summed E-state index contributed by atoms with van der Waals surface area (Å²) < 4.78 is 9.97. The van der Waals surface area contributed by atoms with Gasteiger partial charge in [-0.25, -0.2) is 0 Å². The van der Waals surface area contributed by atoms with Gasteiger partial charge >= 0.3 is 5.69 Å². The largest absolute Gasteiger partial charge is 0.497 e. The molecule has 7 heteroatoms. The number of amides is 1. The Balaban J connectivity index is 2.25. The van der Waals surface area contributed by atoms with Gasteiger partial charge < -0.3 is 14.8 Å². The molecule has 0 saturated carbocycles. The predicted molar refractivity (Wildman–Crippen MR) is 80.6 cm³/mol. The second-order valence-corrected chi connectivity index (χ2v) is 4.33. The second kappa shape index (κ2) is 6.57. The van der Waals surface area contributed by atoms with Crippen LogP contribution in [0, 0.1) is 10.1 Å². The van der Waals surface area contributed by atoms with Crippen LogP contribution in [0.25, 0.3) is 0 Å². The predicted octanol–water partition coefficient (Wildman–Crippen LogP) is 2.86. The van der Waals surface area contributed by atoms with Crippen molar-refractivity contribution in [2.24, 2.45) is 0 Å². The standard InChI is InChI=1S/C15H14N2O5/c1-21-12-5-3-4-11(9-12)16-15(18)10-6-7-14(22-2)13(8-10)17(19)20/h3-9H,1-2H3,(H,16,18). The number of rotatable bonds is 5. The van der Waals surface area contributed by atoms with Crippen LogP contribution in [0.5, 0.6) is 11.5 Å². The molecule has 2 aromatic rings. The van der Waals surface area contributed by atoms with E-state index in [2.05, 4.69) is 5.32 Å². The Morgan fingerprint density at radius 2 is 1.91 bits per heavy atom.